The van der Waals surface area contributed by atoms with Gasteiger partial charge in [-0.15, -0.1) is 0 Å². The van der Waals surface area contributed by atoms with E-state index in [1.54, 1.807) is 0 Å². The van der Waals surface area contributed by atoms with Crippen molar-refractivity contribution in [1.82, 2.24) is 0 Å². The molecule has 260 valence electrons. The summed E-state index contributed by atoms with van der Waals surface area (Å²) < 4.78 is 65.5. The van der Waals surface area contributed by atoms with Crippen molar-refractivity contribution >= 4 is 16.2 Å². The van der Waals surface area contributed by atoms with Gasteiger partial charge in [0.05, 0.1) is 12.7 Å². The maximum atomic E-state index is 13.8. The van der Waals surface area contributed by atoms with Crippen molar-refractivity contribution < 1.29 is 121 Å². The van der Waals surface area contributed by atoms with Crippen LogP contribution in [0.1, 0.15) is 28.9 Å². The van der Waals surface area contributed by atoms with Gasteiger partial charge in [-0.05, 0) is 24.6 Å². The Morgan fingerprint density at radius 1 is 0.812 bits per heavy atom. The van der Waals surface area contributed by atoms with Crippen LogP contribution >= 0.6 is 0 Å². The molecule has 0 saturated carbocycles. The Balaban J connectivity index is 0.00000520. The summed E-state index contributed by atoms with van der Waals surface area (Å²) in [6.45, 7) is 0.747. The smallest absolute Gasteiger partial charge is 0.716 e. The third-order valence-electron chi connectivity index (χ3n) is 7.80. The largest absolute Gasteiger partial charge is 1.00 e. The molecule has 2 saturated heterocycles. The molecule has 2 fully saturated rings. The number of fused-ring (bicyclic) bond motifs is 1. The van der Waals surface area contributed by atoms with Gasteiger partial charge in [0, 0.05) is 12.1 Å². The van der Waals surface area contributed by atoms with Gasteiger partial charge in [-0.2, -0.15) is 0 Å². The Morgan fingerprint density at radius 2 is 1.46 bits per heavy atom. The number of aromatic hydroxyl groups is 3. The summed E-state index contributed by atoms with van der Waals surface area (Å²) in [4.78, 5) is 13.8. The first-order chi connectivity index (χ1) is 22.0. The number of carbonyl (C=O) groups is 1. The minimum atomic E-state index is -5.32. The van der Waals surface area contributed by atoms with Crippen LogP contribution in [0.4, 0.5) is 0 Å². The van der Waals surface area contributed by atoms with Crippen LogP contribution in [0.2, 0.25) is 0 Å². The molecule has 0 aliphatic carbocycles. The predicted octanol–water partition coefficient (Wildman–Crippen LogP) is -6.00. The van der Waals surface area contributed by atoms with Crippen molar-refractivity contribution in [1.29, 1.82) is 0 Å². The topological polar surface area (TPSA) is 312 Å². The normalized spacial score (nSPS) is 35.2. The number of aliphatic hydroxyl groups excluding tert-OH is 6. The summed E-state index contributed by atoms with van der Waals surface area (Å²) in [5.74, 6) is -4.41. The SMILES string of the molecule is CC1O[C@H](OC[C@H]2O[C@@H](OC3C(=O)c4c(O)cc(OS(=O)(=O)[O-])cc4OC3c3ccc(O)c(O)c3)C(O)[C@@H](O)C2O)[C@H](O)[C@H](O)C1O.[Na+]. The third kappa shape index (κ3) is 7.83. The fourth-order valence-corrected chi connectivity index (χ4v) is 5.64. The number of ketones is 1. The Hall–Kier alpha value is -2.38. The first-order valence-corrected chi connectivity index (χ1v) is 15.2. The minimum absolute atomic E-state index is 0. The number of phenols is 3. The fourth-order valence-electron chi connectivity index (χ4n) is 5.31. The summed E-state index contributed by atoms with van der Waals surface area (Å²) in [5.41, 5.74) is -0.635. The second kappa shape index (κ2) is 14.8. The van der Waals surface area contributed by atoms with E-state index in [1.807, 2.05) is 0 Å². The van der Waals surface area contributed by atoms with Gasteiger partial charge < -0.3 is 78.4 Å². The van der Waals surface area contributed by atoms with E-state index < -0.39 is 131 Å². The first-order valence-electron chi connectivity index (χ1n) is 13.9. The van der Waals surface area contributed by atoms with Crippen molar-refractivity contribution in [2.45, 2.75) is 80.5 Å². The molecule has 48 heavy (non-hydrogen) atoms. The molecule has 0 radical (unpaired) electrons. The van der Waals surface area contributed by atoms with Crippen molar-refractivity contribution in [3.63, 3.8) is 0 Å². The van der Waals surface area contributed by atoms with Gasteiger partial charge in [0.1, 0.15) is 65.5 Å². The molecule has 2 aromatic rings. The maximum Gasteiger partial charge on any atom is 1.00 e. The number of hydrogen-bond donors (Lipinski definition) is 9. The van der Waals surface area contributed by atoms with Crippen LogP contribution in [-0.4, -0.2) is 139 Å². The molecule has 21 heteroatoms. The molecule has 0 spiro atoms. The van der Waals surface area contributed by atoms with E-state index in [0.29, 0.717) is 6.07 Å². The maximum absolute atomic E-state index is 13.8. The number of carbonyl (C=O) groups excluding carboxylic acids is 1. The van der Waals surface area contributed by atoms with Gasteiger partial charge >= 0.3 is 29.6 Å². The van der Waals surface area contributed by atoms with Crippen molar-refractivity contribution in [2.24, 2.45) is 0 Å². The number of rotatable bonds is 8. The number of aliphatic hydroxyl groups is 6. The van der Waals surface area contributed by atoms with Crippen LogP contribution in [0, 0.1) is 0 Å². The summed E-state index contributed by atoms with van der Waals surface area (Å²) >= 11 is 0. The fraction of sp³-hybridized carbons (Fsp3) is 0.519. The summed E-state index contributed by atoms with van der Waals surface area (Å²) in [5, 5.41) is 92.5. The van der Waals surface area contributed by atoms with Crippen LogP contribution in [0.15, 0.2) is 30.3 Å². The van der Waals surface area contributed by atoms with E-state index in [9.17, 15) is 63.7 Å². The standard InChI is InChI=1S/C27H32O19S.Na/c1-8-17(31)20(34)22(36)26(42-8)41-7-15-18(32)21(35)23(37)27(44-15)45-25-19(33)16-13(30)5-10(46-47(38,39)40)6-14(16)43-24(25)9-2-3-11(28)12(29)4-9;/h2-6,8,15,17-18,20-32,34-37H,7H2,1H3,(H,38,39,40);/q;+1/p-1/t8?,15-,17?,18?,20-,21+,22-,23?,24?,25?,26+,27+;/m1./s1. The van der Waals surface area contributed by atoms with Gasteiger partial charge in [0.15, 0.2) is 36.3 Å². The monoisotopic (exact) mass is 714 g/mol. The Kier molecular flexibility index (Phi) is 11.9. The third-order valence-corrected chi connectivity index (χ3v) is 8.19. The molecular weight excluding hydrogens is 683 g/mol. The number of Topliss-reactive ketones (excluding diaryl/α,β-unsaturated/α-hetero) is 1. The van der Waals surface area contributed by atoms with Gasteiger partial charge in [0.2, 0.25) is 5.78 Å². The molecule has 9 N–H and O–H groups in total. The van der Waals surface area contributed by atoms with E-state index in [-0.39, 0.29) is 35.1 Å². The molecule has 2 aromatic carbocycles. The average Bonchev–Trinajstić information content (AvgIpc) is 2.99. The Labute approximate surface area is 293 Å². The summed E-state index contributed by atoms with van der Waals surface area (Å²) in [7, 11) is -5.32. The number of benzene rings is 2. The zero-order chi connectivity index (χ0) is 34.5. The second-order valence-corrected chi connectivity index (χ2v) is 12.0. The average molecular weight is 715 g/mol. The molecule has 0 bridgehead atoms. The molecular formula is C27H31NaO19S. The zero-order valence-corrected chi connectivity index (χ0v) is 27.9. The molecule has 0 aromatic heterocycles. The summed E-state index contributed by atoms with van der Waals surface area (Å²) in [6, 6.07) is 4.66. The Morgan fingerprint density at radius 3 is 2.10 bits per heavy atom. The van der Waals surface area contributed by atoms with Gasteiger partial charge in [-0.1, -0.05) is 6.07 Å². The summed E-state index contributed by atoms with van der Waals surface area (Å²) in [6.07, 6.45) is -20.1. The van der Waals surface area contributed by atoms with Crippen LogP contribution in [0.5, 0.6) is 28.7 Å². The van der Waals surface area contributed by atoms with Gasteiger partial charge in [-0.3, -0.25) is 4.79 Å². The van der Waals surface area contributed by atoms with E-state index >= 15 is 0 Å². The van der Waals surface area contributed by atoms with Gasteiger partial charge in [0.25, 0.3) is 10.4 Å². The number of phenolic OH excluding ortho intramolecular Hbond substituents is 3. The molecule has 5 rings (SSSR count). The first kappa shape index (κ1) is 38.4. The Bertz CT molecular complexity index is 1590. The molecule has 3 aliphatic rings. The van der Waals surface area contributed by atoms with Gasteiger partial charge in [-0.25, -0.2) is 8.42 Å². The van der Waals surface area contributed by atoms with Crippen molar-refractivity contribution in [2.75, 3.05) is 6.61 Å². The van der Waals surface area contributed by atoms with Crippen molar-refractivity contribution in [3.05, 3.63) is 41.5 Å². The molecule has 6 unspecified atom stereocenters. The molecule has 12 atom stereocenters. The van der Waals surface area contributed by atoms with E-state index in [1.165, 1.54) is 13.0 Å². The van der Waals surface area contributed by atoms with Crippen LogP contribution in [-0.2, 0) is 29.3 Å². The van der Waals surface area contributed by atoms with E-state index in [2.05, 4.69) is 4.18 Å². The van der Waals surface area contributed by atoms with E-state index in [0.717, 1.165) is 18.2 Å². The van der Waals surface area contributed by atoms with E-state index in [4.69, 9.17) is 23.7 Å². The van der Waals surface area contributed by atoms with Crippen LogP contribution in [0.25, 0.3) is 0 Å². The number of ether oxygens (including phenoxy) is 5. The molecule has 19 nitrogen and oxygen atoms in total. The molecule has 3 aliphatic heterocycles. The second-order valence-electron chi connectivity index (χ2n) is 11.0. The van der Waals surface area contributed by atoms with Crippen LogP contribution in [0.3, 0.4) is 0 Å². The molecule has 0 amide bonds. The quantitative estimate of drug-likeness (QED) is 0.0532. The van der Waals surface area contributed by atoms with Crippen molar-refractivity contribution in [3.8, 4) is 28.7 Å². The van der Waals surface area contributed by atoms with Crippen LogP contribution < -0.4 is 38.5 Å². The predicted molar refractivity (Wildman–Crippen MR) is 146 cm³/mol. The zero-order valence-electron chi connectivity index (χ0n) is 25.0. The minimum Gasteiger partial charge on any atom is -0.716 e. The molecule has 3 heterocycles. The number of hydrogen-bond acceptors (Lipinski definition) is 19.